The molecule has 0 aliphatic rings. The molecule has 1 N–H and O–H groups in total. The average molecular weight is 151 g/mol. The summed E-state index contributed by atoms with van der Waals surface area (Å²) in [6.07, 6.45) is 5.91. The van der Waals surface area contributed by atoms with E-state index in [1.165, 1.54) is 0 Å². The first-order valence-electron chi connectivity index (χ1n) is 3.98. The molecule has 0 unspecified atom stereocenters. The van der Waals surface area contributed by atoms with Crippen molar-refractivity contribution in [1.82, 2.24) is 0 Å². The molecule has 0 rings (SSSR count). The topological polar surface area (TPSA) is 23.9 Å². The van der Waals surface area contributed by atoms with E-state index < -0.39 is 0 Å². The van der Waals surface area contributed by atoms with Crippen molar-refractivity contribution in [3.8, 4) is 0 Å². The zero-order chi connectivity index (χ0) is 8.85. The fraction of sp³-hybridized carbons (Fsp3) is 0.500. The lowest BCUT2D eigenvalue weighted by molar-refractivity contribution is 0.874. The second-order valence-corrected chi connectivity index (χ2v) is 2.94. The molecule has 11 heavy (non-hydrogen) atoms. The predicted octanol–water partition coefficient (Wildman–Crippen LogP) is 3.18. The Hall–Kier alpha value is -0.850. The summed E-state index contributed by atoms with van der Waals surface area (Å²) in [6.45, 7) is 8.02. The second kappa shape index (κ2) is 4.89. The van der Waals surface area contributed by atoms with E-state index in [0.717, 1.165) is 11.3 Å². The molecule has 0 saturated heterocycles. The molecule has 1 heteroatoms. The molecule has 0 heterocycles. The molecule has 62 valence electrons. The van der Waals surface area contributed by atoms with Crippen LogP contribution >= 0.6 is 0 Å². The highest BCUT2D eigenvalue weighted by Crippen LogP contribution is 2.05. The van der Waals surface area contributed by atoms with Crippen molar-refractivity contribution < 1.29 is 0 Å². The standard InChI is InChI=1S/C10H17N/c1-5-6-7-9(4)10(11)8(2)3/h5-8,11H,1-4H3/b6-5-,9-7+,11-10?. The quantitative estimate of drug-likeness (QED) is 0.473. The van der Waals surface area contributed by atoms with Gasteiger partial charge in [-0.25, -0.2) is 0 Å². The van der Waals surface area contributed by atoms with E-state index in [2.05, 4.69) is 0 Å². The van der Waals surface area contributed by atoms with Crippen LogP contribution in [0.3, 0.4) is 0 Å². The molecule has 0 aliphatic carbocycles. The Kier molecular flexibility index (Phi) is 4.51. The molecule has 0 aliphatic heterocycles. The van der Waals surface area contributed by atoms with Gasteiger partial charge in [0.25, 0.3) is 0 Å². The van der Waals surface area contributed by atoms with Gasteiger partial charge in [0.15, 0.2) is 0 Å². The molecule has 0 spiro atoms. The minimum Gasteiger partial charge on any atom is -0.305 e. The highest BCUT2D eigenvalue weighted by atomic mass is 14.4. The Morgan fingerprint density at radius 2 is 1.91 bits per heavy atom. The largest absolute Gasteiger partial charge is 0.305 e. The monoisotopic (exact) mass is 151 g/mol. The number of hydrogen-bond acceptors (Lipinski definition) is 1. The summed E-state index contributed by atoms with van der Waals surface area (Å²) in [5.74, 6) is 0.330. The predicted molar refractivity (Wildman–Crippen MR) is 51.1 cm³/mol. The smallest absolute Gasteiger partial charge is 0.0368 e. The molecule has 0 radical (unpaired) electrons. The van der Waals surface area contributed by atoms with Crippen molar-refractivity contribution in [2.75, 3.05) is 0 Å². The van der Waals surface area contributed by atoms with Crippen molar-refractivity contribution in [2.45, 2.75) is 27.7 Å². The van der Waals surface area contributed by atoms with Crippen LogP contribution in [0.25, 0.3) is 0 Å². The van der Waals surface area contributed by atoms with Gasteiger partial charge < -0.3 is 5.41 Å². The van der Waals surface area contributed by atoms with Gasteiger partial charge in [0.05, 0.1) is 0 Å². The van der Waals surface area contributed by atoms with Crippen molar-refractivity contribution in [1.29, 1.82) is 5.41 Å². The second-order valence-electron chi connectivity index (χ2n) is 2.94. The zero-order valence-electron chi connectivity index (χ0n) is 7.81. The third-order valence-corrected chi connectivity index (χ3v) is 1.54. The van der Waals surface area contributed by atoms with Crippen LogP contribution in [0.15, 0.2) is 23.8 Å². The van der Waals surface area contributed by atoms with E-state index >= 15 is 0 Å². The van der Waals surface area contributed by atoms with Crippen LogP contribution in [0.1, 0.15) is 27.7 Å². The fourth-order valence-electron chi connectivity index (χ4n) is 0.786. The Labute approximate surface area is 69.3 Å². The summed E-state index contributed by atoms with van der Waals surface area (Å²) in [7, 11) is 0. The van der Waals surface area contributed by atoms with Crippen molar-refractivity contribution in [3.63, 3.8) is 0 Å². The lowest BCUT2D eigenvalue weighted by atomic mass is 10.0. The first-order valence-corrected chi connectivity index (χ1v) is 3.98. The highest BCUT2D eigenvalue weighted by molar-refractivity contribution is 5.98. The SMILES string of the molecule is C/C=C\C=C(/C)C(=N)C(C)C. The number of nitrogens with one attached hydrogen (secondary N) is 1. The van der Waals surface area contributed by atoms with Gasteiger partial charge >= 0.3 is 0 Å². The maximum Gasteiger partial charge on any atom is 0.0368 e. The molecule has 0 aromatic carbocycles. The molecule has 0 fully saturated rings. The minimum atomic E-state index is 0.330. The van der Waals surface area contributed by atoms with Crippen LogP contribution in [0.4, 0.5) is 0 Å². The normalized spacial score (nSPS) is 13.0. The van der Waals surface area contributed by atoms with Gasteiger partial charge in [-0.2, -0.15) is 0 Å². The molecule has 0 aromatic rings. The molecule has 1 nitrogen and oxygen atoms in total. The summed E-state index contributed by atoms with van der Waals surface area (Å²) in [5.41, 5.74) is 1.78. The maximum absolute atomic E-state index is 7.63. The number of rotatable bonds is 3. The van der Waals surface area contributed by atoms with Crippen LogP contribution < -0.4 is 0 Å². The third-order valence-electron chi connectivity index (χ3n) is 1.54. The number of hydrogen-bond donors (Lipinski definition) is 1. The Morgan fingerprint density at radius 1 is 1.36 bits per heavy atom. The molecular weight excluding hydrogens is 134 g/mol. The Morgan fingerprint density at radius 3 is 2.27 bits per heavy atom. The van der Waals surface area contributed by atoms with E-state index in [1.807, 2.05) is 45.9 Å². The third kappa shape index (κ3) is 3.76. The van der Waals surface area contributed by atoms with E-state index in [0.29, 0.717) is 5.92 Å². The number of allylic oxidation sites excluding steroid dienone is 4. The zero-order valence-corrected chi connectivity index (χ0v) is 7.81. The van der Waals surface area contributed by atoms with Gasteiger partial charge in [-0.3, -0.25) is 0 Å². The van der Waals surface area contributed by atoms with Crippen LogP contribution in [0, 0.1) is 11.3 Å². The van der Waals surface area contributed by atoms with E-state index in [-0.39, 0.29) is 0 Å². The van der Waals surface area contributed by atoms with Crippen molar-refractivity contribution >= 4 is 5.71 Å². The van der Waals surface area contributed by atoms with Gasteiger partial charge in [0.2, 0.25) is 0 Å². The van der Waals surface area contributed by atoms with Crippen molar-refractivity contribution in [2.24, 2.45) is 5.92 Å². The highest BCUT2D eigenvalue weighted by Gasteiger charge is 2.02. The molecule has 0 aromatic heterocycles. The molecule has 0 amide bonds. The first kappa shape index (κ1) is 10.2. The summed E-state index contributed by atoms with van der Waals surface area (Å²) in [6, 6.07) is 0. The van der Waals surface area contributed by atoms with Gasteiger partial charge in [0, 0.05) is 5.71 Å². The van der Waals surface area contributed by atoms with Crippen LogP contribution in [0.2, 0.25) is 0 Å². The van der Waals surface area contributed by atoms with Crippen LogP contribution in [-0.2, 0) is 0 Å². The van der Waals surface area contributed by atoms with E-state index in [4.69, 9.17) is 5.41 Å². The van der Waals surface area contributed by atoms with Crippen LogP contribution in [-0.4, -0.2) is 5.71 Å². The summed E-state index contributed by atoms with van der Waals surface area (Å²) < 4.78 is 0. The lowest BCUT2D eigenvalue weighted by Crippen LogP contribution is -2.06. The molecule has 0 saturated carbocycles. The molecular formula is C10H17N. The van der Waals surface area contributed by atoms with Gasteiger partial charge in [-0.05, 0) is 25.3 Å². The van der Waals surface area contributed by atoms with E-state index in [1.54, 1.807) is 0 Å². The summed E-state index contributed by atoms with van der Waals surface area (Å²) >= 11 is 0. The lowest BCUT2D eigenvalue weighted by Gasteiger charge is -2.05. The van der Waals surface area contributed by atoms with Crippen molar-refractivity contribution in [3.05, 3.63) is 23.8 Å². The maximum atomic E-state index is 7.63. The summed E-state index contributed by atoms with van der Waals surface area (Å²) in [4.78, 5) is 0. The van der Waals surface area contributed by atoms with Gasteiger partial charge in [-0.1, -0.05) is 32.1 Å². The molecule has 0 bridgehead atoms. The van der Waals surface area contributed by atoms with Gasteiger partial charge in [-0.15, -0.1) is 0 Å². The fourth-order valence-corrected chi connectivity index (χ4v) is 0.786. The van der Waals surface area contributed by atoms with E-state index in [9.17, 15) is 0 Å². The summed E-state index contributed by atoms with van der Waals surface area (Å²) in [5, 5.41) is 7.63. The molecule has 0 atom stereocenters. The van der Waals surface area contributed by atoms with Gasteiger partial charge in [0.1, 0.15) is 0 Å². The first-order chi connectivity index (χ1) is 5.09. The Balaban J connectivity index is 4.24. The minimum absolute atomic E-state index is 0.330. The Bertz CT molecular complexity index is 185. The average Bonchev–Trinajstić information content (AvgIpc) is 1.98. The van der Waals surface area contributed by atoms with Crippen LogP contribution in [0.5, 0.6) is 0 Å².